The van der Waals surface area contributed by atoms with E-state index in [4.69, 9.17) is 4.42 Å². The average molecular weight is 197 g/mol. The molecule has 15 heavy (non-hydrogen) atoms. The van der Waals surface area contributed by atoms with E-state index in [1.54, 1.807) is 0 Å². The summed E-state index contributed by atoms with van der Waals surface area (Å²) in [4.78, 5) is 14.2. The molecule has 0 aliphatic heterocycles. The topological polar surface area (TPSA) is 43.1 Å². The Kier molecular flexibility index (Phi) is 2.61. The molecule has 2 aromatic rings. The monoisotopic (exact) mass is 197 g/mol. The number of hydrogen-bond acceptors (Lipinski definition) is 3. The molecule has 0 spiro atoms. The van der Waals surface area contributed by atoms with E-state index in [-0.39, 0.29) is 11.6 Å². The van der Waals surface area contributed by atoms with Gasteiger partial charge in [0.25, 0.3) is 5.89 Å². The maximum Gasteiger partial charge on any atom is 0.274 e. The summed E-state index contributed by atoms with van der Waals surface area (Å²) in [5, 5.41) is 0. The fourth-order valence-corrected chi connectivity index (χ4v) is 1.04. The minimum absolute atomic E-state index is 0.251. The first kappa shape index (κ1) is 9.22. The number of aromatic nitrogens is 1. The van der Waals surface area contributed by atoms with Crippen molar-refractivity contribution in [2.75, 3.05) is 0 Å². The van der Waals surface area contributed by atoms with Crippen LogP contribution in [0.1, 0.15) is 21.9 Å². The lowest BCUT2D eigenvalue weighted by molar-refractivity contribution is 0.111. The number of benzene rings is 1. The van der Waals surface area contributed by atoms with Gasteiger partial charge in [-0.05, 0) is 18.1 Å². The molecule has 1 aromatic heterocycles. The van der Waals surface area contributed by atoms with E-state index >= 15 is 0 Å². The van der Waals surface area contributed by atoms with E-state index in [2.05, 4.69) is 16.8 Å². The van der Waals surface area contributed by atoms with Crippen LogP contribution in [0.15, 0.2) is 41.0 Å². The quantitative estimate of drug-likeness (QED) is 0.518. The highest BCUT2D eigenvalue weighted by Crippen LogP contribution is 1.99. The highest BCUT2D eigenvalue weighted by molar-refractivity contribution is 5.71. The number of carbonyl (C=O) groups excluding carboxylic acids is 1. The summed E-state index contributed by atoms with van der Waals surface area (Å²) < 4.78 is 4.96. The van der Waals surface area contributed by atoms with Crippen molar-refractivity contribution in [1.29, 1.82) is 0 Å². The zero-order valence-electron chi connectivity index (χ0n) is 7.81. The van der Waals surface area contributed by atoms with Crippen LogP contribution in [0.3, 0.4) is 0 Å². The molecule has 1 aromatic carbocycles. The maximum atomic E-state index is 10.3. The molecule has 72 valence electrons. The third-order valence-electron chi connectivity index (χ3n) is 1.73. The van der Waals surface area contributed by atoms with Crippen LogP contribution in [0.2, 0.25) is 0 Å². The molecule has 0 unspecified atom stereocenters. The van der Waals surface area contributed by atoms with E-state index in [1.807, 2.05) is 30.3 Å². The molecular formula is C12H7NO2. The van der Waals surface area contributed by atoms with Gasteiger partial charge < -0.3 is 4.42 Å². The van der Waals surface area contributed by atoms with Gasteiger partial charge in [0, 0.05) is 5.56 Å². The standard InChI is InChI=1S/C12H7NO2/c14-8-11-9-15-12(13-11)7-6-10-4-2-1-3-5-10/h1-5,8-9H. The smallest absolute Gasteiger partial charge is 0.274 e. The molecule has 0 aliphatic rings. The molecule has 1 heterocycles. The van der Waals surface area contributed by atoms with Crippen molar-refractivity contribution in [1.82, 2.24) is 4.98 Å². The van der Waals surface area contributed by atoms with Crippen LogP contribution in [0.4, 0.5) is 0 Å². The number of hydrogen-bond donors (Lipinski definition) is 0. The van der Waals surface area contributed by atoms with Gasteiger partial charge in [0.05, 0.1) is 0 Å². The predicted octanol–water partition coefficient (Wildman–Crippen LogP) is 1.89. The van der Waals surface area contributed by atoms with Crippen LogP contribution in [0.5, 0.6) is 0 Å². The number of nitrogens with zero attached hydrogens (tertiary/aromatic N) is 1. The average Bonchev–Trinajstić information content (AvgIpc) is 2.76. The highest BCUT2D eigenvalue weighted by Gasteiger charge is 1.97. The summed E-state index contributed by atoms with van der Waals surface area (Å²) in [6, 6.07) is 9.49. The first-order valence-electron chi connectivity index (χ1n) is 4.36. The summed E-state index contributed by atoms with van der Waals surface area (Å²) in [7, 11) is 0. The van der Waals surface area contributed by atoms with Gasteiger partial charge in [-0.1, -0.05) is 24.1 Å². The molecule has 0 atom stereocenters. The van der Waals surface area contributed by atoms with Crippen LogP contribution in [-0.2, 0) is 0 Å². The molecule has 0 saturated heterocycles. The van der Waals surface area contributed by atoms with E-state index in [0.717, 1.165) is 5.56 Å². The SMILES string of the molecule is O=Cc1coc(C#Cc2ccccc2)n1. The number of rotatable bonds is 1. The Morgan fingerprint density at radius 1 is 1.20 bits per heavy atom. The highest BCUT2D eigenvalue weighted by atomic mass is 16.3. The predicted molar refractivity (Wildman–Crippen MR) is 54.3 cm³/mol. The second-order valence-corrected chi connectivity index (χ2v) is 2.81. The molecule has 3 nitrogen and oxygen atoms in total. The summed E-state index contributed by atoms with van der Waals surface area (Å²) in [5.74, 6) is 5.86. The largest absolute Gasteiger partial charge is 0.438 e. The van der Waals surface area contributed by atoms with E-state index in [9.17, 15) is 4.79 Å². The van der Waals surface area contributed by atoms with Crippen molar-refractivity contribution in [3.8, 4) is 11.8 Å². The molecular weight excluding hydrogens is 190 g/mol. The normalized spacial score (nSPS) is 9.07. The van der Waals surface area contributed by atoms with E-state index < -0.39 is 0 Å². The summed E-state index contributed by atoms with van der Waals surface area (Å²) in [6.45, 7) is 0. The van der Waals surface area contributed by atoms with Crippen molar-refractivity contribution in [2.24, 2.45) is 0 Å². The van der Waals surface area contributed by atoms with Gasteiger partial charge in [0.1, 0.15) is 12.0 Å². The molecule has 0 aliphatic carbocycles. The second kappa shape index (κ2) is 4.25. The third kappa shape index (κ3) is 2.32. The zero-order valence-corrected chi connectivity index (χ0v) is 7.81. The second-order valence-electron chi connectivity index (χ2n) is 2.81. The van der Waals surface area contributed by atoms with Gasteiger partial charge >= 0.3 is 0 Å². The molecule has 0 amide bonds. The lowest BCUT2D eigenvalue weighted by atomic mass is 10.2. The summed E-state index contributed by atoms with van der Waals surface area (Å²) >= 11 is 0. The van der Waals surface area contributed by atoms with Crippen molar-refractivity contribution in [2.45, 2.75) is 0 Å². The van der Waals surface area contributed by atoms with E-state index in [1.165, 1.54) is 6.26 Å². The van der Waals surface area contributed by atoms with Crippen molar-refractivity contribution in [3.05, 3.63) is 53.7 Å². The fraction of sp³-hybridized carbons (Fsp3) is 0. The molecule has 3 heteroatoms. The van der Waals surface area contributed by atoms with Crippen LogP contribution in [-0.4, -0.2) is 11.3 Å². The van der Waals surface area contributed by atoms with Gasteiger partial charge in [-0.3, -0.25) is 4.79 Å². The Morgan fingerprint density at radius 2 is 2.00 bits per heavy atom. The molecule has 0 saturated carbocycles. The minimum Gasteiger partial charge on any atom is -0.438 e. The van der Waals surface area contributed by atoms with Crippen LogP contribution >= 0.6 is 0 Å². The summed E-state index contributed by atoms with van der Waals surface area (Å²) in [6.07, 6.45) is 1.90. The van der Waals surface area contributed by atoms with Crippen molar-refractivity contribution >= 4 is 6.29 Å². The maximum absolute atomic E-state index is 10.3. The minimum atomic E-state index is 0.251. The Hall–Kier alpha value is -2.34. The lowest BCUT2D eigenvalue weighted by Gasteiger charge is -1.84. The van der Waals surface area contributed by atoms with Gasteiger partial charge in [0.15, 0.2) is 6.29 Å². The Labute approximate surface area is 86.8 Å². The Morgan fingerprint density at radius 3 is 2.67 bits per heavy atom. The molecule has 0 fully saturated rings. The van der Waals surface area contributed by atoms with Crippen molar-refractivity contribution < 1.29 is 9.21 Å². The van der Waals surface area contributed by atoms with Gasteiger partial charge in [-0.25, -0.2) is 0 Å². The number of carbonyl (C=O) groups is 1. The van der Waals surface area contributed by atoms with Crippen molar-refractivity contribution in [3.63, 3.8) is 0 Å². The molecule has 0 N–H and O–H groups in total. The molecule has 0 radical (unpaired) electrons. The van der Waals surface area contributed by atoms with Gasteiger partial charge in [-0.2, -0.15) is 4.98 Å². The lowest BCUT2D eigenvalue weighted by Crippen LogP contribution is -1.79. The van der Waals surface area contributed by atoms with Crippen LogP contribution in [0, 0.1) is 11.8 Å². The first-order valence-corrected chi connectivity index (χ1v) is 4.36. The summed E-state index contributed by atoms with van der Waals surface area (Å²) in [5.41, 5.74) is 1.13. The van der Waals surface area contributed by atoms with Crippen LogP contribution < -0.4 is 0 Å². The number of aldehydes is 1. The van der Waals surface area contributed by atoms with E-state index in [0.29, 0.717) is 6.29 Å². The third-order valence-corrected chi connectivity index (χ3v) is 1.73. The van der Waals surface area contributed by atoms with Gasteiger partial charge in [0.2, 0.25) is 0 Å². The first-order chi connectivity index (χ1) is 7.38. The Balaban J connectivity index is 2.22. The zero-order chi connectivity index (χ0) is 10.5. The molecule has 0 bridgehead atoms. The van der Waals surface area contributed by atoms with Crippen LogP contribution in [0.25, 0.3) is 0 Å². The Bertz CT molecular complexity index is 517. The number of oxazole rings is 1. The molecule has 2 rings (SSSR count). The van der Waals surface area contributed by atoms with Gasteiger partial charge in [-0.15, -0.1) is 0 Å². The fourth-order valence-electron chi connectivity index (χ4n) is 1.04.